The van der Waals surface area contributed by atoms with Crippen LogP contribution in [0, 0.1) is 5.41 Å². The zero-order valence-corrected chi connectivity index (χ0v) is 10.0. The Hall–Kier alpha value is -0.630. The SMILES string of the molecule is CC1(C)CC(=O)c2ccc(Br)cc2C1. The first kappa shape index (κ1) is 9.91. The lowest BCUT2D eigenvalue weighted by atomic mass is 9.74. The zero-order valence-electron chi connectivity index (χ0n) is 8.43. The zero-order chi connectivity index (χ0) is 10.3. The molecule has 0 saturated carbocycles. The van der Waals surface area contributed by atoms with Crippen LogP contribution in [0.5, 0.6) is 0 Å². The van der Waals surface area contributed by atoms with E-state index in [2.05, 4.69) is 35.8 Å². The Morgan fingerprint density at radius 3 is 2.71 bits per heavy atom. The number of Topliss-reactive ketones (excluding diaryl/α,β-unsaturated/α-hetero) is 1. The van der Waals surface area contributed by atoms with Gasteiger partial charge in [-0.25, -0.2) is 0 Å². The molecule has 0 fully saturated rings. The highest BCUT2D eigenvalue weighted by Gasteiger charge is 2.30. The predicted molar refractivity (Wildman–Crippen MR) is 60.6 cm³/mol. The maximum Gasteiger partial charge on any atom is 0.163 e. The largest absolute Gasteiger partial charge is 0.294 e. The molecule has 1 aliphatic carbocycles. The second-order valence-electron chi connectivity index (χ2n) is 4.74. The van der Waals surface area contributed by atoms with Gasteiger partial charge in [0.15, 0.2) is 5.78 Å². The van der Waals surface area contributed by atoms with Crippen LogP contribution in [0.4, 0.5) is 0 Å². The lowest BCUT2D eigenvalue weighted by Gasteiger charge is -2.30. The molecule has 1 aliphatic rings. The molecular formula is C12H13BrO. The molecule has 14 heavy (non-hydrogen) atoms. The summed E-state index contributed by atoms with van der Waals surface area (Å²) in [5, 5.41) is 0. The molecule has 2 heteroatoms. The van der Waals surface area contributed by atoms with Crippen LogP contribution in [0.15, 0.2) is 22.7 Å². The molecule has 0 spiro atoms. The Balaban J connectivity index is 2.51. The van der Waals surface area contributed by atoms with Crippen LogP contribution >= 0.6 is 15.9 Å². The lowest BCUT2D eigenvalue weighted by molar-refractivity contribution is 0.0912. The molecule has 0 heterocycles. The van der Waals surface area contributed by atoms with Gasteiger partial charge in [-0.2, -0.15) is 0 Å². The molecule has 0 atom stereocenters. The average Bonchev–Trinajstić information content (AvgIpc) is 2.00. The molecule has 1 aromatic carbocycles. The maximum atomic E-state index is 11.8. The molecule has 2 rings (SSSR count). The first-order valence-corrected chi connectivity index (χ1v) is 5.59. The van der Waals surface area contributed by atoms with Crippen molar-refractivity contribution in [2.24, 2.45) is 5.41 Å². The lowest BCUT2D eigenvalue weighted by Crippen LogP contribution is -2.26. The van der Waals surface area contributed by atoms with Crippen LogP contribution in [0.1, 0.15) is 36.2 Å². The summed E-state index contributed by atoms with van der Waals surface area (Å²) in [7, 11) is 0. The van der Waals surface area contributed by atoms with E-state index in [1.54, 1.807) is 0 Å². The number of carbonyl (C=O) groups is 1. The van der Waals surface area contributed by atoms with Gasteiger partial charge >= 0.3 is 0 Å². The molecule has 0 unspecified atom stereocenters. The van der Waals surface area contributed by atoms with E-state index < -0.39 is 0 Å². The van der Waals surface area contributed by atoms with Gasteiger partial charge in [-0.3, -0.25) is 4.79 Å². The van der Waals surface area contributed by atoms with Gasteiger partial charge in [0.2, 0.25) is 0 Å². The maximum absolute atomic E-state index is 11.8. The summed E-state index contributed by atoms with van der Waals surface area (Å²) in [6.45, 7) is 4.30. The van der Waals surface area contributed by atoms with E-state index in [4.69, 9.17) is 0 Å². The molecule has 0 aliphatic heterocycles. The monoisotopic (exact) mass is 252 g/mol. The molecule has 74 valence electrons. The molecule has 0 radical (unpaired) electrons. The summed E-state index contributed by atoms with van der Waals surface area (Å²) in [5.41, 5.74) is 2.21. The Labute approximate surface area is 92.6 Å². The summed E-state index contributed by atoms with van der Waals surface area (Å²) in [4.78, 5) is 11.8. The second kappa shape index (κ2) is 3.20. The third-order valence-corrected chi connectivity index (χ3v) is 3.17. The van der Waals surface area contributed by atoms with Crippen molar-refractivity contribution in [2.75, 3.05) is 0 Å². The highest BCUT2D eigenvalue weighted by Crippen LogP contribution is 2.35. The van der Waals surface area contributed by atoms with Gasteiger partial charge in [-0.05, 0) is 29.5 Å². The summed E-state index contributed by atoms with van der Waals surface area (Å²) in [6.07, 6.45) is 1.66. The number of halogens is 1. The molecule has 0 saturated heterocycles. The van der Waals surface area contributed by atoms with E-state index in [1.807, 2.05) is 12.1 Å². The quantitative estimate of drug-likeness (QED) is 0.690. The summed E-state index contributed by atoms with van der Waals surface area (Å²) in [5.74, 6) is 0.281. The number of carbonyl (C=O) groups excluding carboxylic acids is 1. The fraction of sp³-hybridized carbons (Fsp3) is 0.417. The van der Waals surface area contributed by atoms with Crippen LogP contribution in [0.3, 0.4) is 0 Å². The van der Waals surface area contributed by atoms with Gasteiger partial charge in [0.1, 0.15) is 0 Å². The number of ketones is 1. The van der Waals surface area contributed by atoms with Gasteiger partial charge < -0.3 is 0 Å². The minimum absolute atomic E-state index is 0.116. The molecule has 0 amide bonds. The number of fused-ring (bicyclic) bond motifs is 1. The van der Waals surface area contributed by atoms with E-state index in [0.717, 1.165) is 16.5 Å². The van der Waals surface area contributed by atoms with Crippen molar-refractivity contribution in [3.05, 3.63) is 33.8 Å². The van der Waals surface area contributed by atoms with Gasteiger partial charge in [-0.15, -0.1) is 0 Å². The molecule has 0 N–H and O–H groups in total. The standard InChI is InChI=1S/C12H13BrO/c1-12(2)6-8-5-9(13)3-4-10(8)11(14)7-12/h3-5H,6-7H2,1-2H3. The van der Waals surface area contributed by atoms with E-state index in [0.29, 0.717) is 6.42 Å². The number of hydrogen-bond acceptors (Lipinski definition) is 1. The van der Waals surface area contributed by atoms with Crippen LogP contribution in [0.2, 0.25) is 0 Å². The molecule has 1 nitrogen and oxygen atoms in total. The van der Waals surface area contributed by atoms with E-state index >= 15 is 0 Å². The van der Waals surface area contributed by atoms with Crippen molar-refractivity contribution in [1.29, 1.82) is 0 Å². The highest BCUT2D eigenvalue weighted by atomic mass is 79.9. The second-order valence-corrected chi connectivity index (χ2v) is 5.66. The Morgan fingerprint density at radius 2 is 2.00 bits per heavy atom. The third kappa shape index (κ3) is 1.76. The van der Waals surface area contributed by atoms with Crippen LogP contribution in [-0.2, 0) is 6.42 Å². The van der Waals surface area contributed by atoms with Crippen molar-refractivity contribution < 1.29 is 4.79 Å². The van der Waals surface area contributed by atoms with Crippen molar-refractivity contribution in [3.8, 4) is 0 Å². The first-order chi connectivity index (χ1) is 6.48. The average molecular weight is 253 g/mol. The van der Waals surface area contributed by atoms with Gasteiger partial charge in [0.05, 0.1) is 0 Å². The molecule has 0 bridgehead atoms. The van der Waals surface area contributed by atoms with Crippen LogP contribution in [-0.4, -0.2) is 5.78 Å². The normalized spacial score (nSPS) is 19.2. The number of rotatable bonds is 0. The number of hydrogen-bond donors (Lipinski definition) is 0. The topological polar surface area (TPSA) is 17.1 Å². The van der Waals surface area contributed by atoms with Crippen molar-refractivity contribution in [3.63, 3.8) is 0 Å². The van der Waals surface area contributed by atoms with Crippen molar-refractivity contribution in [2.45, 2.75) is 26.7 Å². The summed E-state index contributed by atoms with van der Waals surface area (Å²) in [6, 6.07) is 5.93. The van der Waals surface area contributed by atoms with Crippen LogP contribution in [0.25, 0.3) is 0 Å². The predicted octanol–water partition coefficient (Wildman–Crippen LogP) is 3.60. The minimum Gasteiger partial charge on any atom is -0.294 e. The first-order valence-electron chi connectivity index (χ1n) is 4.80. The molecule has 1 aromatic rings. The van der Waals surface area contributed by atoms with E-state index in [-0.39, 0.29) is 11.2 Å². The van der Waals surface area contributed by atoms with Gasteiger partial charge in [-0.1, -0.05) is 35.8 Å². The fourth-order valence-electron chi connectivity index (χ4n) is 2.09. The van der Waals surface area contributed by atoms with Crippen molar-refractivity contribution in [1.82, 2.24) is 0 Å². The van der Waals surface area contributed by atoms with E-state index in [1.165, 1.54) is 5.56 Å². The molecule has 0 aromatic heterocycles. The summed E-state index contributed by atoms with van der Waals surface area (Å²) < 4.78 is 1.06. The highest BCUT2D eigenvalue weighted by molar-refractivity contribution is 9.10. The third-order valence-electron chi connectivity index (χ3n) is 2.68. The minimum atomic E-state index is 0.116. The van der Waals surface area contributed by atoms with Crippen LogP contribution < -0.4 is 0 Å². The van der Waals surface area contributed by atoms with Gasteiger partial charge in [0.25, 0.3) is 0 Å². The fourth-order valence-corrected chi connectivity index (χ4v) is 2.50. The summed E-state index contributed by atoms with van der Waals surface area (Å²) >= 11 is 3.44. The number of benzene rings is 1. The molecular weight excluding hydrogens is 240 g/mol. The van der Waals surface area contributed by atoms with Gasteiger partial charge in [0, 0.05) is 16.5 Å². The van der Waals surface area contributed by atoms with Crippen molar-refractivity contribution >= 4 is 21.7 Å². The Morgan fingerprint density at radius 1 is 1.29 bits per heavy atom. The van der Waals surface area contributed by atoms with E-state index in [9.17, 15) is 4.79 Å². The smallest absolute Gasteiger partial charge is 0.163 e. The Kier molecular flexibility index (Phi) is 2.26. The Bertz CT molecular complexity index is 393.